The Kier molecular flexibility index (Phi) is 6.02. The monoisotopic (exact) mass is 434 g/mol. The lowest BCUT2D eigenvalue weighted by atomic mass is 10.1. The minimum absolute atomic E-state index is 0.139. The average molecular weight is 434 g/mol. The van der Waals surface area contributed by atoms with Crippen LogP contribution in [0.4, 0.5) is 0 Å². The molecule has 166 valence electrons. The van der Waals surface area contributed by atoms with Gasteiger partial charge in [-0.25, -0.2) is 0 Å². The van der Waals surface area contributed by atoms with Gasteiger partial charge in [0.15, 0.2) is 11.5 Å². The highest BCUT2D eigenvalue weighted by atomic mass is 16.7. The number of carbonyl (C=O) groups is 1. The van der Waals surface area contributed by atoms with Gasteiger partial charge in [0.25, 0.3) is 0 Å². The lowest BCUT2D eigenvalue weighted by Crippen LogP contribution is -2.48. The van der Waals surface area contributed by atoms with Gasteiger partial charge in [-0.1, -0.05) is 36.4 Å². The summed E-state index contributed by atoms with van der Waals surface area (Å²) in [6.45, 7) is 4.47. The maximum Gasteiger partial charge on any atom is 0.231 e. The first kappa shape index (κ1) is 20.5. The van der Waals surface area contributed by atoms with Gasteiger partial charge in [0.2, 0.25) is 24.5 Å². The van der Waals surface area contributed by atoms with Gasteiger partial charge in [0.1, 0.15) is 0 Å². The van der Waals surface area contributed by atoms with Crippen molar-refractivity contribution in [3.05, 3.63) is 71.4 Å². The van der Waals surface area contributed by atoms with E-state index in [-0.39, 0.29) is 12.7 Å². The molecule has 5 rings (SSSR count). The van der Waals surface area contributed by atoms with Gasteiger partial charge in [0, 0.05) is 45.6 Å². The predicted octanol–water partition coefficient (Wildman–Crippen LogP) is 2.67. The third-order valence-electron chi connectivity index (χ3n) is 5.83. The van der Waals surface area contributed by atoms with Crippen molar-refractivity contribution >= 4 is 5.91 Å². The summed E-state index contributed by atoms with van der Waals surface area (Å²) in [5, 5.41) is 8.23. The minimum atomic E-state index is 0.139. The van der Waals surface area contributed by atoms with Gasteiger partial charge >= 0.3 is 0 Å². The van der Waals surface area contributed by atoms with Gasteiger partial charge in [-0.2, -0.15) is 0 Å². The van der Waals surface area contributed by atoms with Crippen molar-refractivity contribution in [2.24, 2.45) is 0 Å². The Morgan fingerprint density at radius 2 is 1.66 bits per heavy atom. The van der Waals surface area contributed by atoms with Crippen LogP contribution in [0.5, 0.6) is 11.5 Å². The van der Waals surface area contributed by atoms with Crippen LogP contribution in [0.2, 0.25) is 0 Å². The quantitative estimate of drug-likeness (QED) is 0.566. The van der Waals surface area contributed by atoms with Crippen LogP contribution in [0, 0.1) is 0 Å². The molecule has 3 aromatic rings. The molecule has 2 aliphatic rings. The van der Waals surface area contributed by atoms with E-state index in [1.807, 2.05) is 29.2 Å². The molecule has 2 aliphatic heterocycles. The van der Waals surface area contributed by atoms with Crippen LogP contribution in [0.15, 0.2) is 52.9 Å². The molecule has 0 atom stereocenters. The molecule has 0 N–H and O–H groups in total. The summed E-state index contributed by atoms with van der Waals surface area (Å²) >= 11 is 0. The zero-order chi connectivity index (χ0) is 21.8. The van der Waals surface area contributed by atoms with E-state index < -0.39 is 0 Å². The van der Waals surface area contributed by atoms with Crippen LogP contribution in [0.3, 0.4) is 0 Å². The molecule has 0 unspecified atom stereocenters. The third-order valence-corrected chi connectivity index (χ3v) is 5.83. The number of benzene rings is 2. The topological polar surface area (TPSA) is 80.9 Å². The van der Waals surface area contributed by atoms with E-state index in [4.69, 9.17) is 13.9 Å². The smallest absolute Gasteiger partial charge is 0.231 e. The van der Waals surface area contributed by atoms with E-state index in [9.17, 15) is 4.79 Å². The Bertz CT molecular complexity index is 1060. The fourth-order valence-electron chi connectivity index (χ4n) is 4.06. The number of amides is 1. The Labute approximate surface area is 186 Å². The molecule has 2 aromatic carbocycles. The zero-order valence-electron chi connectivity index (χ0n) is 17.9. The molecule has 1 aromatic heterocycles. The maximum absolute atomic E-state index is 12.6. The van der Waals surface area contributed by atoms with Crippen LogP contribution in [-0.2, 0) is 24.2 Å². The number of fused-ring (bicyclic) bond motifs is 1. The highest BCUT2D eigenvalue weighted by Crippen LogP contribution is 2.33. The molecule has 1 saturated heterocycles. The van der Waals surface area contributed by atoms with E-state index in [0.29, 0.717) is 31.0 Å². The summed E-state index contributed by atoms with van der Waals surface area (Å²) < 4.78 is 16.5. The molecular formula is C24H26N4O4. The molecule has 0 spiro atoms. The van der Waals surface area contributed by atoms with E-state index in [0.717, 1.165) is 49.8 Å². The Hall–Kier alpha value is -3.39. The van der Waals surface area contributed by atoms with Crippen molar-refractivity contribution in [2.75, 3.05) is 33.0 Å². The van der Waals surface area contributed by atoms with E-state index in [1.54, 1.807) is 0 Å². The molecule has 0 saturated carbocycles. The van der Waals surface area contributed by atoms with E-state index in [2.05, 4.69) is 39.4 Å². The summed E-state index contributed by atoms with van der Waals surface area (Å²) in [5.41, 5.74) is 2.31. The van der Waals surface area contributed by atoms with E-state index in [1.165, 1.54) is 5.56 Å². The summed E-state index contributed by atoms with van der Waals surface area (Å²) in [7, 11) is 0. The molecule has 32 heavy (non-hydrogen) atoms. The van der Waals surface area contributed by atoms with Crippen molar-refractivity contribution in [1.29, 1.82) is 0 Å². The number of carbonyl (C=O) groups excluding carboxylic acids is 1. The second-order valence-corrected chi connectivity index (χ2v) is 8.10. The Balaban J connectivity index is 1.07. The lowest BCUT2D eigenvalue weighted by molar-refractivity contribution is -0.133. The van der Waals surface area contributed by atoms with Crippen LogP contribution in [0.1, 0.15) is 29.3 Å². The molecule has 8 heteroatoms. The number of rotatable bonds is 7. The predicted molar refractivity (Wildman–Crippen MR) is 116 cm³/mol. The summed E-state index contributed by atoms with van der Waals surface area (Å²) in [4.78, 5) is 17.0. The second kappa shape index (κ2) is 9.40. The first-order chi connectivity index (χ1) is 15.7. The number of hydrogen-bond acceptors (Lipinski definition) is 7. The van der Waals surface area contributed by atoms with Crippen molar-refractivity contribution in [2.45, 2.75) is 25.8 Å². The number of ether oxygens (including phenoxy) is 2. The molecule has 1 fully saturated rings. The van der Waals surface area contributed by atoms with Crippen molar-refractivity contribution < 1.29 is 18.7 Å². The largest absolute Gasteiger partial charge is 0.454 e. The molecular weight excluding hydrogens is 408 g/mol. The van der Waals surface area contributed by atoms with E-state index >= 15 is 0 Å². The first-order valence-electron chi connectivity index (χ1n) is 11.0. The summed E-state index contributed by atoms with van der Waals surface area (Å²) in [6.07, 6.45) is 1.35. The molecule has 0 aliphatic carbocycles. The van der Waals surface area contributed by atoms with Gasteiger partial charge in [-0.05, 0) is 23.3 Å². The molecule has 3 heterocycles. The van der Waals surface area contributed by atoms with Crippen molar-refractivity contribution in [3.8, 4) is 11.5 Å². The number of piperazine rings is 1. The summed E-state index contributed by atoms with van der Waals surface area (Å²) in [6, 6.07) is 16.2. The van der Waals surface area contributed by atoms with Crippen molar-refractivity contribution in [3.63, 3.8) is 0 Å². The van der Waals surface area contributed by atoms with Crippen LogP contribution in [-0.4, -0.2) is 58.9 Å². The maximum atomic E-state index is 12.6. The molecule has 0 bridgehead atoms. The van der Waals surface area contributed by atoms with Gasteiger partial charge in [0.05, 0.1) is 6.42 Å². The van der Waals surface area contributed by atoms with Gasteiger partial charge in [-0.15, -0.1) is 10.2 Å². The fourth-order valence-corrected chi connectivity index (χ4v) is 4.06. The molecule has 1 amide bonds. The van der Waals surface area contributed by atoms with Gasteiger partial charge < -0.3 is 18.8 Å². The average Bonchev–Trinajstić information content (AvgIpc) is 3.48. The lowest BCUT2D eigenvalue weighted by Gasteiger charge is -2.34. The first-order valence-corrected chi connectivity index (χ1v) is 11.0. The number of hydrogen-bond donors (Lipinski definition) is 0. The summed E-state index contributed by atoms with van der Waals surface area (Å²) in [5.74, 6) is 2.65. The van der Waals surface area contributed by atoms with Crippen LogP contribution >= 0.6 is 0 Å². The number of aryl methyl sites for hydroxylation is 1. The Morgan fingerprint density at radius 1 is 0.875 bits per heavy atom. The SMILES string of the molecule is O=C(CCc1nnc(Cc2ccc3c(c2)OCO3)o1)N1CCN(Cc2ccccc2)CC1. The standard InChI is InChI=1S/C24H26N4O4/c29-24(28-12-10-27(11-13-28)16-18-4-2-1-3-5-18)9-8-22-25-26-23(32-22)15-19-6-7-20-21(14-19)31-17-30-20/h1-7,14H,8-13,15-17H2. The highest BCUT2D eigenvalue weighted by Gasteiger charge is 2.22. The highest BCUT2D eigenvalue weighted by molar-refractivity contribution is 5.76. The normalized spacial score (nSPS) is 15.8. The minimum Gasteiger partial charge on any atom is -0.454 e. The van der Waals surface area contributed by atoms with Gasteiger partial charge in [-0.3, -0.25) is 9.69 Å². The van der Waals surface area contributed by atoms with Crippen LogP contribution < -0.4 is 9.47 Å². The Morgan fingerprint density at radius 3 is 2.50 bits per heavy atom. The zero-order valence-corrected chi connectivity index (χ0v) is 17.9. The molecule has 8 nitrogen and oxygen atoms in total. The number of aromatic nitrogens is 2. The molecule has 0 radical (unpaired) electrons. The fraction of sp³-hybridized carbons (Fsp3) is 0.375. The number of nitrogens with zero attached hydrogens (tertiary/aromatic N) is 4. The second-order valence-electron chi connectivity index (χ2n) is 8.10. The third kappa shape index (κ3) is 4.91. The van der Waals surface area contributed by atoms with Crippen LogP contribution in [0.25, 0.3) is 0 Å². The van der Waals surface area contributed by atoms with Crippen molar-refractivity contribution in [1.82, 2.24) is 20.0 Å².